The lowest BCUT2D eigenvalue weighted by molar-refractivity contribution is -0.206. The van der Waals surface area contributed by atoms with E-state index in [1.807, 2.05) is 30.3 Å². The summed E-state index contributed by atoms with van der Waals surface area (Å²) in [5.41, 5.74) is 2.20. The number of hydrogen-bond donors (Lipinski definition) is 0. The van der Waals surface area contributed by atoms with Gasteiger partial charge < -0.3 is 9.47 Å². The van der Waals surface area contributed by atoms with Crippen LogP contribution in [0.3, 0.4) is 0 Å². The summed E-state index contributed by atoms with van der Waals surface area (Å²) in [6.45, 7) is 2.99. The lowest BCUT2D eigenvalue weighted by Crippen LogP contribution is -2.32. The van der Waals surface area contributed by atoms with Crippen molar-refractivity contribution in [3.05, 3.63) is 53.8 Å². The van der Waals surface area contributed by atoms with Gasteiger partial charge in [-0.05, 0) is 91.2 Å². The van der Waals surface area contributed by atoms with E-state index in [0.717, 1.165) is 29.4 Å². The van der Waals surface area contributed by atoms with Crippen LogP contribution >= 0.6 is 0 Å². The SMILES string of the molecule is CCCC1CCC(COc2ccc(-c3ccc(C4CCC(OC(=O)C(F)(F)F)CC4)c(F)c3)cc2)CC1. The van der Waals surface area contributed by atoms with Crippen LogP contribution in [0.5, 0.6) is 5.75 Å². The van der Waals surface area contributed by atoms with Gasteiger partial charge in [-0.2, -0.15) is 13.2 Å². The van der Waals surface area contributed by atoms with Crippen LogP contribution in [0.4, 0.5) is 17.6 Å². The zero-order valence-electron chi connectivity index (χ0n) is 21.4. The molecule has 0 heterocycles. The third-order valence-corrected chi connectivity index (χ3v) is 7.96. The molecule has 2 saturated carbocycles. The first-order valence-corrected chi connectivity index (χ1v) is 13.5. The van der Waals surface area contributed by atoms with Gasteiger partial charge in [-0.15, -0.1) is 0 Å². The third-order valence-electron chi connectivity index (χ3n) is 7.96. The fourth-order valence-corrected chi connectivity index (χ4v) is 5.80. The summed E-state index contributed by atoms with van der Waals surface area (Å²) in [4.78, 5) is 11.1. The van der Waals surface area contributed by atoms with E-state index in [4.69, 9.17) is 4.74 Å². The Labute approximate surface area is 216 Å². The molecule has 37 heavy (non-hydrogen) atoms. The van der Waals surface area contributed by atoms with Gasteiger partial charge in [0.25, 0.3) is 0 Å². The van der Waals surface area contributed by atoms with Crippen LogP contribution in [0.15, 0.2) is 42.5 Å². The number of ether oxygens (including phenoxy) is 2. The highest BCUT2D eigenvalue weighted by Crippen LogP contribution is 2.37. The van der Waals surface area contributed by atoms with Crippen molar-refractivity contribution in [1.29, 1.82) is 0 Å². The van der Waals surface area contributed by atoms with E-state index < -0.39 is 18.2 Å². The molecule has 0 unspecified atom stereocenters. The first kappa shape index (κ1) is 27.5. The van der Waals surface area contributed by atoms with Gasteiger partial charge in [-0.3, -0.25) is 0 Å². The second-order valence-electron chi connectivity index (χ2n) is 10.6. The predicted molar refractivity (Wildman–Crippen MR) is 135 cm³/mol. The standard InChI is InChI=1S/C30H36F4O3/c1-2-3-20-4-6-21(7-5-20)19-36-25-13-8-22(9-14-25)24-12-17-27(28(31)18-24)23-10-15-26(16-11-23)37-29(35)30(32,33)34/h8-9,12-14,17-18,20-21,23,26H,2-7,10-11,15-16,19H2,1H3. The van der Waals surface area contributed by atoms with Crippen LogP contribution in [0.1, 0.15) is 82.6 Å². The molecule has 4 rings (SSSR count). The van der Waals surface area contributed by atoms with Crippen LogP contribution in [0.2, 0.25) is 0 Å². The Bertz CT molecular complexity index is 1020. The highest BCUT2D eigenvalue weighted by atomic mass is 19.4. The minimum atomic E-state index is -4.99. The zero-order valence-corrected chi connectivity index (χ0v) is 21.4. The lowest BCUT2D eigenvalue weighted by Gasteiger charge is -2.29. The average molecular weight is 521 g/mol. The number of carbonyl (C=O) groups excluding carboxylic acids is 1. The van der Waals surface area contributed by atoms with Crippen LogP contribution in [-0.2, 0) is 9.53 Å². The zero-order chi connectivity index (χ0) is 26.4. The van der Waals surface area contributed by atoms with Gasteiger partial charge in [-0.25, -0.2) is 9.18 Å². The maximum atomic E-state index is 15.0. The van der Waals surface area contributed by atoms with Crippen LogP contribution in [0.25, 0.3) is 11.1 Å². The van der Waals surface area contributed by atoms with Gasteiger partial charge in [0.15, 0.2) is 0 Å². The van der Waals surface area contributed by atoms with Crippen LogP contribution in [0, 0.1) is 17.7 Å². The molecule has 0 aliphatic heterocycles. The molecule has 0 N–H and O–H groups in total. The van der Waals surface area contributed by atoms with E-state index in [1.54, 1.807) is 6.07 Å². The molecule has 0 radical (unpaired) electrons. The van der Waals surface area contributed by atoms with Crippen LogP contribution < -0.4 is 4.74 Å². The van der Waals surface area contributed by atoms with E-state index in [9.17, 15) is 18.0 Å². The Hall–Kier alpha value is -2.57. The molecule has 3 nitrogen and oxygen atoms in total. The van der Waals surface area contributed by atoms with Gasteiger partial charge in [0.1, 0.15) is 17.7 Å². The number of alkyl halides is 3. The second kappa shape index (κ2) is 12.3. The third kappa shape index (κ3) is 7.48. The van der Waals surface area contributed by atoms with E-state index in [0.29, 0.717) is 24.3 Å². The van der Waals surface area contributed by atoms with Crippen molar-refractivity contribution in [1.82, 2.24) is 0 Å². The van der Waals surface area contributed by atoms with E-state index in [2.05, 4.69) is 11.7 Å². The number of esters is 1. The molecule has 2 aromatic rings. The van der Waals surface area contributed by atoms with E-state index in [-0.39, 0.29) is 24.6 Å². The molecule has 0 bridgehead atoms. The molecule has 0 amide bonds. The quantitative estimate of drug-likeness (QED) is 0.258. The Balaban J connectivity index is 1.27. The molecule has 2 aliphatic carbocycles. The topological polar surface area (TPSA) is 35.5 Å². The summed E-state index contributed by atoms with van der Waals surface area (Å²) in [5.74, 6) is -0.279. The Kier molecular flexibility index (Phi) is 9.14. The monoisotopic (exact) mass is 520 g/mol. The molecule has 0 atom stereocenters. The van der Waals surface area contributed by atoms with E-state index in [1.165, 1.54) is 44.6 Å². The molecular weight excluding hydrogens is 484 g/mol. The Morgan fingerprint density at radius 2 is 1.49 bits per heavy atom. The maximum Gasteiger partial charge on any atom is 0.490 e. The molecule has 0 spiro atoms. The molecule has 2 aromatic carbocycles. The number of halogens is 4. The second-order valence-corrected chi connectivity index (χ2v) is 10.6. The number of carbonyl (C=O) groups is 1. The fourth-order valence-electron chi connectivity index (χ4n) is 5.80. The summed E-state index contributed by atoms with van der Waals surface area (Å²) in [5, 5.41) is 0. The molecular formula is C30H36F4O3. The Morgan fingerprint density at radius 3 is 2.08 bits per heavy atom. The van der Waals surface area contributed by atoms with Crippen molar-refractivity contribution in [2.45, 2.75) is 89.3 Å². The van der Waals surface area contributed by atoms with Gasteiger partial charge in [-0.1, -0.05) is 56.9 Å². The Morgan fingerprint density at radius 1 is 0.865 bits per heavy atom. The first-order chi connectivity index (χ1) is 17.7. The molecule has 7 heteroatoms. The number of hydrogen-bond acceptors (Lipinski definition) is 3. The lowest BCUT2D eigenvalue weighted by atomic mass is 9.80. The van der Waals surface area contributed by atoms with Gasteiger partial charge in [0.05, 0.1) is 6.61 Å². The molecule has 0 saturated heterocycles. The van der Waals surface area contributed by atoms with Crippen molar-refractivity contribution < 1.29 is 31.8 Å². The van der Waals surface area contributed by atoms with Gasteiger partial charge in [0, 0.05) is 0 Å². The molecule has 2 aliphatic rings. The minimum Gasteiger partial charge on any atom is -0.493 e. The average Bonchev–Trinajstić information content (AvgIpc) is 2.89. The smallest absolute Gasteiger partial charge is 0.490 e. The molecule has 0 aromatic heterocycles. The van der Waals surface area contributed by atoms with E-state index >= 15 is 4.39 Å². The predicted octanol–water partition coefficient (Wildman–Crippen LogP) is 8.61. The van der Waals surface area contributed by atoms with Gasteiger partial charge >= 0.3 is 12.1 Å². The summed E-state index contributed by atoms with van der Waals surface area (Å²) in [6.07, 6.45) is 3.41. The van der Waals surface area contributed by atoms with Crippen LogP contribution in [-0.4, -0.2) is 24.9 Å². The molecule has 202 valence electrons. The van der Waals surface area contributed by atoms with Crippen molar-refractivity contribution >= 4 is 5.97 Å². The number of benzene rings is 2. The maximum absolute atomic E-state index is 15.0. The van der Waals surface area contributed by atoms with Gasteiger partial charge in [0.2, 0.25) is 0 Å². The summed E-state index contributed by atoms with van der Waals surface area (Å²) in [6, 6.07) is 12.9. The summed E-state index contributed by atoms with van der Waals surface area (Å²) < 4.78 is 62.8. The highest BCUT2D eigenvalue weighted by molar-refractivity contribution is 5.75. The van der Waals surface area contributed by atoms with Crippen molar-refractivity contribution in [2.24, 2.45) is 11.8 Å². The number of rotatable bonds is 8. The fraction of sp³-hybridized carbons (Fsp3) is 0.567. The highest BCUT2D eigenvalue weighted by Gasteiger charge is 2.42. The van der Waals surface area contributed by atoms with Crippen molar-refractivity contribution in [2.75, 3.05) is 6.61 Å². The molecule has 2 fully saturated rings. The first-order valence-electron chi connectivity index (χ1n) is 13.5. The summed E-state index contributed by atoms with van der Waals surface area (Å²) in [7, 11) is 0. The minimum absolute atomic E-state index is 0.109. The summed E-state index contributed by atoms with van der Waals surface area (Å²) >= 11 is 0. The van der Waals surface area contributed by atoms with Crippen molar-refractivity contribution in [3.63, 3.8) is 0 Å². The van der Waals surface area contributed by atoms with Crippen molar-refractivity contribution in [3.8, 4) is 16.9 Å². The normalized spacial score (nSPS) is 24.5. The largest absolute Gasteiger partial charge is 0.493 e.